The van der Waals surface area contributed by atoms with Crippen LogP contribution in [0.15, 0.2) is 54.7 Å². The maximum atomic E-state index is 4.78. The maximum Gasteiger partial charge on any atom is 0.0854 e. The molecular formula is C19H18N4. The van der Waals surface area contributed by atoms with Gasteiger partial charge in [0.15, 0.2) is 0 Å². The second kappa shape index (κ2) is 5.80. The van der Waals surface area contributed by atoms with Crippen molar-refractivity contribution in [2.24, 2.45) is 0 Å². The molecule has 4 nitrogen and oxygen atoms in total. The van der Waals surface area contributed by atoms with Crippen LogP contribution >= 0.6 is 0 Å². The Balaban J connectivity index is 2.06. The monoisotopic (exact) mass is 302 g/mol. The molecule has 2 aromatic heterocycles. The Morgan fingerprint density at radius 3 is 2.22 bits per heavy atom. The van der Waals surface area contributed by atoms with Crippen LogP contribution in [0.1, 0.15) is 25.5 Å². The molecule has 0 spiro atoms. The molecule has 2 aromatic carbocycles. The molecule has 0 saturated carbocycles. The summed E-state index contributed by atoms with van der Waals surface area (Å²) < 4.78 is 1.99. The van der Waals surface area contributed by atoms with Crippen molar-refractivity contribution in [3.8, 4) is 5.69 Å². The van der Waals surface area contributed by atoms with Gasteiger partial charge in [-0.3, -0.25) is 0 Å². The number of rotatable bonds is 4. The van der Waals surface area contributed by atoms with E-state index in [1.807, 2.05) is 47.3 Å². The molecule has 0 fully saturated rings. The summed E-state index contributed by atoms with van der Waals surface area (Å²) in [5, 5.41) is 10.7. The molecule has 0 bridgehead atoms. The number of aryl methyl sites for hydroxylation is 1. The van der Waals surface area contributed by atoms with Gasteiger partial charge in [-0.15, -0.1) is 5.10 Å². The number of pyridine rings is 1. The van der Waals surface area contributed by atoms with Gasteiger partial charge in [0.2, 0.25) is 0 Å². The van der Waals surface area contributed by atoms with Crippen LogP contribution in [-0.4, -0.2) is 20.0 Å². The first kappa shape index (κ1) is 13.9. The number of hydrogen-bond acceptors (Lipinski definition) is 3. The predicted molar refractivity (Wildman–Crippen MR) is 92.8 cm³/mol. The molecule has 0 N–H and O–H groups in total. The third-order valence-corrected chi connectivity index (χ3v) is 4.18. The molecule has 23 heavy (non-hydrogen) atoms. The highest BCUT2D eigenvalue weighted by molar-refractivity contribution is 6.03. The van der Waals surface area contributed by atoms with Gasteiger partial charge in [-0.1, -0.05) is 55.0 Å². The largest absolute Gasteiger partial charge is 0.248 e. The van der Waals surface area contributed by atoms with Crippen molar-refractivity contribution < 1.29 is 0 Å². The Bertz CT molecular complexity index is 917. The highest BCUT2D eigenvalue weighted by Gasteiger charge is 2.14. The number of unbranched alkanes of at least 4 members (excludes halogenated alkanes) is 1. The summed E-state index contributed by atoms with van der Waals surface area (Å²) in [6.45, 7) is 2.20. The molecule has 0 unspecified atom stereocenters. The van der Waals surface area contributed by atoms with E-state index in [9.17, 15) is 0 Å². The van der Waals surface area contributed by atoms with E-state index < -0.39 is 0 Å². The predicted octanol–water partition coefficient (Wildman–Crippen LogP) is 4.31. The van der Waals surface area contributed by atoms with Crippen LogP contribution in [-0.2, 0) is 6.42 Å². The molecule has 0 aliphatic rings. The van der Waals surface area contributed by atoms with Crippen LogP contribution in [0.2, 0.25) is 0 Å². The topological polar surface area (TPSA) is 43.6 Å². The number of aromatic nitrogens is 4. The average molecular weight is 302 g/mol. The van der Waals surface area contributed by atoms with E-state index in [0.29, 0.717) is 0 Å². The van der Waals surface area contributed by atoms with E-state index in [-0.39, 0.29) is 0 Å². The van der Waals surface area contributed by atoms with E-state index in [1.165, 1.54) is 0 Å². The quantitative estimate of drug-likeness (QED) is 0.528. The van der Waals surface area contributed by atoms with Crippen LogP contribution in [0.4, 0.5) is 0 Å². The first-order chi connectivity index (χ1) is 11.4. The SMILES string of the molecule is CCCCc1cnnn1-c1c2ccccc2nc2ccccc12. The Morgan fingerprint density at radius 2 is 1.57 bits per heavy atom. The van der Waals surface area contributed by atoms with Gasteiger partial charge >= 0.3 is 0 Å². The lowest BCUT2D eigenvalue weighted by Gasteiger charge is -2.12. The highest BCUT2D eigenvalue weighted by atomic mass is 15.4. The summed E-state index contributed by atoms with van der Waals surface area (Å²) in [6.07, 6.45) is 5.14. The molecule has 2 heterocycles. The van der Waals surface area contributed by atoms with E-state index in [4.69, 9.17) is 4.98 Å². The second-order valence-corrected chi connectivity index (χ2v) is 5.74. The van der Waals surface area contributed by atoms with E-state index >= 15 is 0 Å². The molecule has 0 atom stereocenters. The van der Waals surface area contributed by atoms with Crippen LogP contribution in [0.5, 0.6) is 0 Å². The van der Waals surface area contributed by atoms with E-state index in [1.54, 1.807) is 0 Å². The number of nitrogens with zero attached hydrogens (tertiary/aromatic N) is 4. The van der Waals surface area contributed by atoms with Gasteiger partial charge in [-0.25, -0.2) is 9.67 Å². The lowest BCUT2D eigenvalue weighted by Crippen LogP contribution is -2.05. The zero-order valence-electron chi connectivity index (χ0n) is 13.1. The van der Waals surface area contributed by atoms with Crippen molar-refractivity contribution >= 4 is 21.8 Å². The smallest absolute Gasteiger partial charge is 0.0854 e. The third-order valence-electron chi connectivity index (χ3n) is 4.18. The van der Waals surface area contributed by atoms with Gasteiger partial charge < -0.3 is 0 Å². The molecule has 0 amide bonds. The van der Waals surface area contributed by atoms with Crippen LogP contribution in [0, 0.1) is 0 Å². The van der Waals surface area contributed by atoms with E-state index in [0.717, 1.165) is 52.4 Å². The summed E-state index contributed by atoms with van der Waals surface area (Å²) in [6, 6.07) is 16.4. The van der Waals surface area contributed by atoms with Crippen molar-refractivity contribution in [3.63, 3.8) is 0 Å². The standard InChI is InChI=1S/C19H18N4/c1-2-3-8-14-13-20-22-23(14)19-15-9-4-6-11-17(15)21-18-12-7-5-10-16(18)19/h4-7,9-13H,2-3,8H2,1H3. The van der Waals surface area contributed by atoms with Gasteiger partial charge in [0, 0.05) is 10.8 Å². The van der Waals surface area contributed by atoms with Gasteiger partial charge in [0.25, 0.3) is 0 Å². The zero-order valence-corrected chi connectivity index (χ0v) is 13.1. The summed E-state index contributed by atoms with van der Waals surface area (Å²) in [5.41, 5.74) is 4.19. The molecule has 0 radical (unpaired) electrons. The molecule has 114 valence electrons. The first-order valence-electron chi connectivity index (χ1n) is 8.06. The first-order valence-corrected chi connectivity index (χ1v) is 8.06. The van der Waals surface area contributed by atoms with Crippen molar-refractivity contribution in [2.45, 2.75) is 26.2 Å². The molecule has 4 rings (SSSR count). The fourth-order valence-corrected chi connectivity index (χ4v) is 3.02. The molecule has 0 aliphatic carbocycles. The summed E-state index contributed by atoms with van der Waals surface area (Å²) in [7, 11) is 0. The second-order valence-electron chi connectivity index (χ2n) is 5.74. The average Bonchev–Trinajstić information content (AvgIpc) is 3.05. The normalized spacial score (nSPS) is 11.3. The van der Waals surface area contributed by atoms with Gasteiger partial charge in [-0.2, -0.15) is 0 Å². The number of para-hydroxylation sites is 2. The fourth-order valence-electron chi connectivity index (χ4n) is 3.02. The van der Waals surface area contributed by atoms with Crippen LogP contribution in [0.3, 0.4) is 0 Å². The molecular weight excluding hydrogens is 284 g/mol. The summed E-state index contributed by atoms with van der Waals surface area (Å²) in [4.78, 5) is 4.78. The Kier molecular flexibility index (Phi) is 3.50. The molecule has 4 aromatic rings. The summed E-state index contributed by atoms with van der Waals surface area (Å²) in [5.74, 6) is 0. The van der Waals surface area contributed by atoms with Crippen molar-refractivity contribution in [2.75, 3.05) is 0 Å². The van der Waals surface area contributed by atoms with Crippen molar-refractivity contribution in [1.29, 1.82) is 0 Å². The summed E-state index contributed by atoms with van der Waals surface area (Å²) >= 11 is 0. The minimum atomic E-state index is 0.981. The van der Waals surface area contributed by atoms with Gasteiger partial charge in [-0.05, 0) is 25.0 Å². The molecule has 0 saturated heterocycles. The number of benzene rings is 2. The Labute approximate surface area is 134 Å². The Hall–Kier alpha value is -2.75. The van der Waals surface area contributed by atoms with E-state index in [2.05, 4.69) is 29.4 Å². The van der Waals surface area contributed by atoms with Crippen LogP contribution in [0.25, 0.3) is 27.5 Å². The zero-order chi connectivity index (χ0) is 15.6. The van der Waals surface area contributed by atoms with Gasteiger partial charge in [0.1, 0.15) is 0 Å². The van der Waals surface area contributed by atoms with Crippen molar-refractivity contribution in [3.05, 3.63) is 60.4 Å². The minimum Gasteiger partial charge on any atom is -0.248 e. The van der Waals surface area contributed by atoms with Gasteiger partial charge in [0.05, 0.1) is 28.6 Å². The third kappa shape index (κ3) is 2.36. The highest BCUT2D eigenvalue weighted by Crippen LogP contribution is 2.29. The Morgan fingerprint density at radius 1 is 0.913 bits per heavy atom. The molecule has 4 heteroatoms. The lowest BCUT2D eigenvalue weighted by molar-refractivity contribution is 0.720. The lowest BCUT2D eigenvalue weighted by atomic mass is 10.1. The fraction of sp³-hybridized carbons (Fsp3) is 0.211. The maximum absolute atomic E-state index is 4.78. The van der Waals surface area contributed by atoms with Crippen molar-refractivity contribution in [1.82, 2.24) is 20.0 Å². The minimum absolute atomic E-state index is 0.981. The van der Waals surface area contributed by atoms with Crippen LogP contribution < -0.4 is 0 Å². The number of hydrogen-bond donors (Lipinski definition) is 0. The molecule has 0 aliphatic heterocycles. The number of fused-ring (bicyclic) bond motifs is 2.